The smallest absolute Gasteiger partial charge is 0.446 e. The quantitative estimate of drug-likeness (QED) is 0.197. The summed E-state index contributed by atoms with van der Waals surface area (Å²) in [5.74, 6) is 0.176. The van der Waals surface area contributed by atoms with Crippen molar-refractivity contribution in [2.75, 3.05) is 32.9 Å². The summed E-state index contributed by atoms with van der Waals surface area (Å²) in [6, 6.07) is 12.2. The zero-order valence-corrected chi connectivity index (χ0v) is 22.6. The Labute approximate surface area is 239 Å². The van der Waals surface area contributed by atoms with Crippen LogP contribution in [0.5, 0.6) is 17.2 Å². The summed E-state index contributed by atoms with van der Waals surface area (Å²) in [5.41, 5.74) is 1.05. The molecule has 0 unspecified atom stereocenters. The number of halogens is 4. The lowest BCUT2D eigenvalue weighted by Gasteiger charge is -2.37. The van der Waals surface area contributed by atoms with E-state index in [1.54, 1.807) is 24.3 Å². The summed E-state index contributed by atoms with van der Waals surface area (Å²) in [6.07, 6.45) is -4.15. The molecule has 6 rings (SSSR count). The van der Waals surface area contributed by atoms with Crippen molar-refractivity contribution in [2.45, 2.75) is 12.3 Å². The molecule has 0 spiro atoms. The highest BCUT2D eigenvalue weighted by atomic mass is 32.3. The van der Waals surface area contributed by atoms with Crippen LogP contribution in [0.4, 0.5) is 17.6 Å². The summed E-state index contributed by atoms with van der Waals surface area (Å²) in [6.45, 7) is 2.10. The van der Waals surface area contributed by atoms with Crippen LogP contribution in [0.3, 0.4) is 0 Å². The molecule has 42 heavy (non-hydrogen) atoms. The number of ether oxygens (including phenoxy) is 2. The minimum atomic E-state index is -4.91. The second-order valence-electron chi connectivity index (χ2n) is 10.1. The normalized spacial score (nSPS) is 17.5. The molecule has 2 aliphatic heterocycles. The zero-order chi connectivity index (χ0) is 30.5. The van der Waals surface area contributed by atoms with Gasteiger partial charge in [0.15, 0.2) is 6.10 Å². The zero-order valence-electron chi connectivity index (χ0n) is 22.8. The van der Waals surface area contributed by atoms with Gasteiger partial charge in [-0.3, -0.25) is 18.8 Å². The molecule has 1 aromatic heterocycles. The van der Waals surface area contributed by atoms with Crippen LogP contribution < -0.4 is 13.7 Å². The van der Waals surface area contributed by atoms with Gasteiger partial charge in [0.25, 0.3) is 0 Å². The van der Waals surface area contributed by atoms with E-state index in [1.165, 1.54) is 24.4 Å². The first-order chi connectivity index (χ1) is 20.4. The van der Waals surface area contributed by atoms with Gasteiger partial charge in [0.05, 0.1) is 19.1 Å². The molecule has 3 aromatic carbocycles. The molecular weight excluding hydrogens is 580 g/mol. The van der Waals surface area contributed by atoms with Crippen molar-refractivity contribution in [2.24, 2.45) is 5.92 Å². The Kier molecular flexibility index (Phi) is 6.87. The average molecular weight is 606 g/mol. The summed E-state index contributed by atoms with van der Waals surface area (Å²) in [4.78, 5) is 6.39. The maximum Gasteiger partial charge on any atom is 0.446 e. The third kappa shape index (κ3) is 5.72. The lowest BCUT2D eigenvalue weighted by Crippen LogP contribution is -2.49. The Morgan fingerprint density at radius 2 is 1.81 bits per heavy atom. The van der Waals surface area contributed by atoms with E-state index in [0.29, 0.717) is 59.6 Å². The predicted molar refractivity (Wildman–Crippen MR) is 145 cm³/mol. The van der Waals surface area contributed by atoms with Crippen LogP contribution in [0, 0.1) is 5.92 Å². The van der Waals surface area contributed by atoms with Gasteiger partial charge in [-0.25, -0.2) is 0 Å². The topological polar surface area (TPSA) is 98.2 Å². The number of pyridine rings is 1. The van der Waals surface area contributed by atoms with Gasteiger partial charge in [0, 0.05) is 59.9 Å². The number of nitrogens with zero attached hydrogens (tertiary/aromatic N) is 2. The van der Waals surface area contributed by atoms with Gasteiger partial charge in [0.2, 0.25) is 0 Å². The van der Waals surface area contributed by atoms with Crippen molar-refractivity contribution in [3.8, 4) is 28.4 Å². The monoisotopic (exact) mass is 605 g/mol. The summed E-state index contributed by atoms with van der Waals surface area (Å²) in [5, 5.41) is 0.377. The first kappa shape index (κ1) is 26.9. The Morgan fingerprint density at radius 3 is 2.50 bits per heavy atom. The number of alkyl halides is 4. The van der Waals surface area contributed by atoms with Crippen molar-refractivity contribution in [1.29, 1.82) is 0 Å². The Morgan fingerprint density at radius 1 is 1.07 bits per heavy atom. The van der Waals surface area contributed by atoms with Crippen molar-refractivity contribution >= 4 is 21.3 Å². The molecular formula is C29H24F4N2O6S. The maximum atomic E-state index is 13.5. The summed E-state index contributed by atoms with van der Waals surface area (Å²) < 4.78 is 110. The van der Waals surface area contributed by atoms with Crippen LogP contribution in [-0.2, 0) is 16.6 Å². The highest BCUT2D eigenvalue weighted by molar-refractivity contribution is 7.81. The van der Waals surface area contributed by atoms with E-state index in [2.05, 4.69) is 14.1 Å². The molecule has 0 radical (unpaired) electrons. The molecule has 0 saturated carbocycles. The van der Waals surface area contributed by atoms with Crippen LogP contribution in [-0.4, -0.2) is 55.8 Å². The van der Waals surface area contributed by atoms with Crippen LogP contribution >= 0.6 is 0 Å². The van der Waals surface area contributed by atoms with E-state index in [4.69, 9.17) is 15.4 Å². The van der Waals surface area contributed by atoms with E-state index >= 15 is 0 Å². The first-order valence-corrected chi connectivity index (χ1v) is 14.3. The molecule has 0 amide bonds. The van der Waals surface area contributed by atoms with Crippen molar-refractivity contribution in [3.63, 3.8) is 0 Å². The van der Waals surface area contributed by atoms with Crippen LogP contribution in [0.25, 0.3) is 22.0 Å². The third-order valence-electron chi connectivity index (χ3n) is 7.21. The SMILES string of the molecule is [2H]c1c(OS(=O)(=O)O)ccc2c3c(cnc12)-c1ccc(C(F)(F)F)cc1O[C@@H]3c1ccc(OCCN2CC(CF)C2)cc1. The van der Waals surface area contributed by atoms with Gasteiger partial charge < -0.3 is 13.7 Å². The second-order valence-corrected chi connectivity index (χ2v) is 11.1. The Balaban J connectivity index is 1.37. The van der Waals surface area contributed by atoms with Gasteiger partial charge in [-0.15, -0.1) is 0 Å². The lowest BCUT2D eigenvalue weighted by molar-refractivity contribution is -0.137. The average Bonchev–Trinajstić information content (AvgIpc) is 2.94. The fourth-order valence-corrected chi connectivity index (χ4v) is 5.54. The molecule has 4 aromatic rings. The number of likely N-dealkylation sites (tertiary alicyclic amines) is 1. The fourth-order valence-electron chi connectivity index (χ4n) is 5.21. The van der Waals surface area contributed by atoms with E-state index in [1.807, 2.05) is 0 Å². The molecule has 13 heteroatoms. The molecule has 1 atom stereocenters. The standard InChI is InChI=1S/C29H24F4N2O6S/c30-13-17-15-35(16-17)9-10-39-20-4-1-18(2-5-20)28-27-23-8-6-21(41-42(36,37)38)12-25(23)34-14-24(27)22-7-3-19(29(31,32)33)11-26(22)40-28/h1-8,11-12,14,17,28H,9-10,13,15-16H2,(H,36,37,38)/t28-/m1/s1/i12D. The number of rotatable bonds is 8. The molecule has 1 saturated heterocycles. The van der Waals surface area contributed by atoms with Crippen molar-refractivity contribution in [1.82, 2.24) is 9.88 Å². The minimum Gasteiger partial charge on any atom is -0.492 e. The molecule has 1 fully saturated rings. The molecule has 2 aliphatic rings. The first-order valence-electron chi connectivity index (χ1n) is 13.4. The number of fused-ring (bicyclic) bond motifs is 5. The highest BCUT2D eigenvalue weighted by Gasteiger charge is 2.35. The van der Waals surface area contributed by atoms with E-state index < -0.39 is 40.0 Å². The van der Waals surface area contributed by atoms with Crippen LogP contribution in [0.15, 0.2) is 66.8 Å². The van der Waals surface area contributed by atoms with Gasteiger partial charge in [0.1, 0.15) is 23.9 Å². The van der Waals surface area contributed by atoms with Gasteiger partial charge >= 0.3 is 16.6 Å². The molecule has 0 bridgehead atoms. The number of aromatic nitrogens is 1. The van der Waals surface area contributed by atoms with Crippen LogP contribution in [0.1, 0.15) is 24.2 Å². The Bertz CT molecular complexity index is 1800. The van der Waals surface area contributed by atoms with E-state index in [-0.39, 0.29) is 23.9 Å². The van der Waals surface area contributed by atoms with Gasteiger partial charge in [-0.05, 0) is 48.0 Å². The fraction of sp³-hybridized carbons (Fsp3) is 0.276. The summed E-state index contributed by atoms with van der Waals surface area (Å²) in [7, 11) is -4.91. The van der Waals surface area contributed by atoms with E-state index in [0.717, 1.165) is 12.1 Å². The summed E-state index contributed by atoms with van der Waals surface area (Å²) >= 11 is 0. The number of benzene rings is 3. The molecule has 3 heterocycles. The minimum absolute atomic E-state index is 0.00708. The maximum absolute atomic E-state index is 13.5. The molecule has 1 N–H and O–H groups in total. The Hall–Kier alpha value is -3.94. The number of hydrogen-bond donors (Lipinski definition) is 1. The molecule has 220 valence electrons. The third-order valence-corrected chi connectivity index (χ3v) is 7.60. The van der Waals surface area contributed by atoms with Crippen LogP contribution in [0.2, 0.25) is 0 Å². The van der Waals surface area contributed by atoms with Gasteiger partial charge in [-0.2, -0.15) is 21.6 Å². The second kappa shape index (κ2) is 10.7. The highest BCUT2D eigenvalue weighted by Crippen LogP contribution is 2.49. The van der Waals surface area contributed by atoms with Crippen molar-refractivity contribution < 1.29 is 45.6 Å². The van der Waals surface area contributed by atoms with Gasteiger partial charge in [-0.1, -0.05) is 12.1 Å². The molecule has 8 nitrogen and oxygen atoms in total. The predicted octanol–water partition coefficient (Wildman–Crippen LogP) is 5.86. The number of hydrogen-bond acceptors (Lipinski definition) is 7. The van der Waals surface area contributed by atoms with Crippen molar-refractivity contribution in [3.05, 3.63) is 83.5 Å². The van der Waals surface area contributed by atoms with E-state index in [9.17, 15) is 26.0 Å². The largest absolute Gasteiger partial charge is 0.492 e. The lowest BCUT2D eigenvalue weighted by atomic mass is 9.87. The molecule has 0 aliphatic carbocycles.